The van der Waals surface area contributed by atoms with Crippen molar-refractivity contribution >= 4 is 5.97 Å². The van der Waals surface area contributed by atoms with Crippen LogP contribution in [0.4, 0.5) is 0 Å². The lowest BCUT2D eigenvalue weighted by molar-refractivity contribution is -0.143. The number of ether oxygens (including phenoxy) is 1. The molecule has 0 bridgehead atoms. The molecule has 0 aromatic rings. The SMILES string of the molecule is C=CC(=O)OC1CCCCCCCCCCCCCCCCCCCCCCC1. The Morgan fingerprint density at radius 2 is 0.759 bits per heavy atom. The van der Waals surface area contributed by atoms with Gasteiger partial charge in [-0.15, -0.1) is 0 Å². The van der Waals surface area contributed by atoms with Gasteiger partial charge in [-0.3, -0.25) is 0 Å². The van der Waals surface area contributed by atoms with E-state index >= 15 is 0 Å². The van der Waals surface area contributed by atoms with Gasteiger partial charge in [-0.25, -0.2) is 4.79 Å². The number of rotatable bonds is 2. The number of esters is 1. The number of carbonyl (C=O) groups is 1. The second kappa shape index (κ2) is 20.5. The van der Waals surface area contributed by atoms with Crippen LogP contribution < -0.4 is 0 Å². The number of hydrogen-bond acceptors (Lipinski definition) is 2. The molecule has 1 rings (SSSR count). The summed E-state index contributed by atoms with van der Waals surface area (Å²) < 4.78 is 5.60. The summed E-state index contributed by atoms with van der Waals surface area (Å²) in [7, 11) is 0. The number of carbonyl (C=O) groups excluding carboxylic acids is 1. The molecule has 0 amide bonds. The van der Waals surface area contributed by atoms with Crippen LogP contribution in [0.25, 0.3) is 0 Å². The molecule has 170 valence electrons. The predicted octanol–water partition coefficient (Wildman–Crippen LogP) is 9.07. The second-order valence-electron chi connectivity index (χ2n) is 9.26. The third-order valence-corrected chi connectivity index (χ3v) is 6.50. The Hall–Kier alpha value is -0.790. The minimum Gasteiger partial charge on any atom is -0.459 e. The van der Waals surface area contributed by atoms with Crippen molar-refractivity contribution in [2.24, 2.45) is 0 Å². The van der Waals surface area contributed by atoms with Crippen molar-refractivity contribution < 1.29 is 9.53 Å². The first-order valence-electron chi connectivity index (χ1n) is 13.2. The fourth-order valence-corrected chi connectivity index (χ4v) is 4.58. The van der Waals surface area contributed by atoms with Crippen molar-refractivity contribution in [1.82, 2.24) is 0 Å². The Balaban J connectivity index is 2.26. The van der Waals surface area contributed by atoms with E-state index < -0.39 is 0 Å². The van der Waals surface area contributed by atoms with E-state index in [-0.39, 0.29) is 12.1 Å². The molecule has 1 aliphatic rings. The topological polar surface area (TPSA) is 26.3 Å². The van der Waals surface area contributed by atoms with E-state index in [1.807, 2.05) is 0 Å². The Morgan fingerprint density at radius 3 is 1.00 bits per heavy atom. The van der Waals surface area contributed by atoms with Gasteiger partial charge < -0.3 is 4.74 Å². The van der Waals surface area contributed by atoms with Crippen molar-refractivity contribution in [3.8, 4) is 0 Å². The second-order valence-corrected chi connectivity index (χ2v) is 9.26. The monoisotopic (exact) mass is 406 g/mol. The molecule has 2 nitrogen and oxygen atoms in total. The molecule has 0 aliphatic heterocycles. The van der Waals surface area contributed by atoms with Gasteiger partial charge in [-0.2, -0.15) is 0 Å². The highest BCUT2D eigenvalue weighted by molar-refractivity contribution is 5.81. The smallest absolute Gasteiger partial charge is 0.330 e. The molecule has 0 aromatic heterocycles. The average Bonchev–Trinajstić information content (AvgIpc) is 2.73. The Kier molecular flexibility index (Phi) is 18.5. The quantitative estimate of drug-likeness (QED) is 0.337. The average molecular weight is 407 g/mol. The first kappa shape index (κ1) is 26.2. The van der Waals surface area contributed by atoms with Gasteiger partial charge in [-0.1, -0.05) is 129 Å². The van der Waals surface area contributed by atoms with E-state index in [4.69, 9.17) is 4.74 Å². The molecule has 0 unspecified atom stereocenters. The fraction of sp³-hybridized carbons (Fsp3) is 0.889. The van der Waals surface area contributed by atoms with E-state index in [1.54, 1.807) is 0 Å². The summed E-state index contributed by atoms with van der Waals surface area (Å²) in [4.78, 5) is 11.6. The third kappa shape index (κ3) is 17.8. The highest BCUT2D eigenvalue weighted by atomic mass is 16.5. The van der Waals surface area contributed by atoms with Crippen molar-refractivity contribution in [1.29, 1.82) is 0 Å². The minimum atomic E-state index is -0.247. The molecule has 0 aromatic carbocycles. The van der Waals surface area contributed by atoms with Gasteiger partial charge in [0.25, 0.3) is 0 Å². The van der Waals surface area contributed by atoms with Crippen molar-refractivity contribution in [2.75, 3.05) is 0 Å². The zero-order valence-corrected chi connectivity index (χ0v) is 19.4. The van der Waals surface area contributed by atoms with Crippen LogP contribution in [-0.4, -0.2) is 12.1 Å². The molecule has 1 saturated carbocycles. The summed E-state index contributed by atoms with van der Waals surface area (Å²) in [5.41, 5.74) is 0. The normalized spacial score (nSPS) is 22.2. The Morgan fingerprint density at radius 1 is 0.517 bits per heavy atom. The first-order chi connectivity index (χ1) is 14.3. The maximum Gasteiger partial charge on any atom is 0.330 e. The van der Waals surface area contributed by atoms with Crippen molar-refractivity contribution in [2.45, 2.75) is 154 Å². The van der Waals surface area contributed by atoms with E-state index in [0.29, 0.717) is 0 Å². The van der Waals surface area contributed by atoms with Crippen LogP contribution in [0.3, 0.4) is 0 Å². The highest BCUT2D eigenvalue weighted by Crippen LogP contribution is 2.19. The molecular formula is C27H50O2. The largest absolute Gasteiger partial charge is 0.459 e. The molecule has 0 heterocycles. The minimum absolute atomic E-state index is 0.103. The summed E-state index contributed by atoms with van der Waals surface area (Å²) in [6, 6.07) is 0. The highest BCUT2D eigenvalue weighted by Gasteiger charge is 2.12. The van der Waals surface area contributed by atoms with Crippen molar-refractivity contribution in [3.05, 3.63) is 12.7 Å². The van der Waals surface area contributed by atoms with Gasteiger partial charge in [0.15, 0.2) is 0 Å². The lowest BCUT2D eigenvalue weighted by Crippen LogP contribution is -2.16. The zero-order valence-electron chi connectivity index (χ0n) is 19.4. The molecule has 0 atom stereocenters. The standard InChI is InChI=1S/C27H50O2/c1-2-27(28)29-26-24-22-20-18-16-14-12-10-8-6-4-3-5-7-9-11-13-15-17-19-21-23-25-26/h2,26H,1,3-25H2. The van der Waals surface area contributed by atoms with Crippen LogP contribution in [0.5, 0.6) is 0 Å². The van der Waals surface area contributed by atoms with Gasteiger partial charge >= 0.3 is 5.97 Å². The summed E-state index contributed by atoms with van der Waals surface area (Å²) in [6.07, 6.45) is 32.5. The summed E-state index contributed by atoms with van der Waals surface area (Å²) in [5, 5.41) is 0. The molecular weight excluding hydrogens is 356 g/mol. The fourth-order valence-electron chi connectivity index (χ4n) is 4.58. The van der Waals surface area contributed by atoms with Crippen LogP contribution in [-0.2, 0) is 9.53 Å². The van der Waals surface area contributed by atoms with Crippen LogP contribution in [0.1, 0.15) is 148 Å². The van der Waals surface area contributed by atoms with Gasteiger partial charge in [0.05, 0.1) is 0 Å². The van der Waals surface area contributed by atoms with E-state index in [9.17, 15) is 4.79 Å². The molecule has 29 heavy (non-hydrogen) atoms. The molecule has 2 heteroatoms. The van der Waals surface area contributed by atoms with Crippen LogP contribution >= 0.6 is 0 Å². The molecule has 1 fully saturated rings. The lowest BCUT2D eigenvalue weighted by atomic mass is 10.0. The van der Waals surface area contributed by atoms with Crippen molar-refractivity contribution in [3.63, 3.8) is 0 Å². The van der Waals surface area contributed by atoms with Gasteiger partial charge in [-0.05, 0) is 25.7 Å². The Bertz CT molecular complexity index is 353. The summed E-state index contributed by atoms with van der Waals surface area (Å²) in [5.74, 6) is -0.247. The summed E-state index contributed by atoms with van der Waals surface area (Å²) in [6.45, 7) is 3.55. The third-order valence-electron chi connectivity index (χ3n) is 6.50. The van der Waals surface area contributed by atoms with Crippen LogP contribution in [0, 0.1) is 0 Å². The lowest BCUT2D eigenvalue weighted by Gasteiger charge is -2.17. The zero-order chi connectivity index (χ0) is 20.8. The van der Waals surface area contributed by atoms with Crippen LogP contribution in [0.15, 0.2) is 12.7 Å². The van der Waals surface area contributed by atoms with E-state index in [2.05, 4.69) is 6.58 Å². The Labute approximate surface area is 182 Å². The predicted molar refractivity (Wildman–Crippen MR) is 126 cm³/mol. The maximum absolute atomic E-state index is 11.6. The molecule has 0 spiro atoms. The van der Waals surface area contributed by atoms with Gasteiger partial charge in [0, 0.05) is 6.08 Å². The molecule has 0 radical (unpaired) electrons. The molecule has 0 N–H and O–H groups in total. The molecule has 1 aliphatic carbocycles. The maximum atomic E-state index is 11.6. The first-order valence-corrected chi connectivity index (χ1v) is 13.2. The van der Waals surface area contributed by atoms with Gasteiger partial charge in [0.2, 0.25) is 0 Å². The van der Waals surface area contributed by atoms with Crippen LogP contribution in [0.2, 0.25) is 0 Å². The van der Waals surface area contributed by atoms with E-state index in [1.165, 1.54) is 141 Å². The van der Waals surface area contributed by atoms with Gasteiger partial charge in [0.1, 0.15) is 6.10 Å². The number of hydrogen-bond donors (Lipinski definition) is 0. The molecule has 0 saturated heterocycles. The van der Waals surface area contributed by atoms with E-state index in [0.717, 1.165) is 12.8 Å². The summed E-state index contributed by atoms with van der Waals surface area (Å²) >= 11 is 0.